The largest absolute Gasteiger partial charge is 0.454 e. The van der Waals surface area contributed by atoms with Crippen molar-refractivity contribution < 1.29 is 22.7 Å². The van der Waals surface area contributed by atoms with Crippen LogP contribution in [0.5, 0.6) is 0 Å². The van der Waals surface area contributed by atoms with Crippen molar-refractivity contribution in [2.75, 3.05) is 13.2 Å². The first-order chi connectivity index (χ1) is 13.2. The topological polar surface area (TPSA) is 94.5 Å². The molecule has 2 aromatic rings. The summed E-state index contributed by atoms with van der Waals surface area (Å²) < 4.78 is 34.0. The van der Waals surface area contributed by atoms with Crippen LogP contribution < -0.4 is 4.72 Å². The lowest BCUT2D eigenvalue weighted by atomic mass is 10.1. The molecular weight excluding hydrogens is 380 g/mol. The van der Waals surface area contributed by atoms with Crippen molar-refractivity contribution in [3.8, 4) is 0 Å². The zero-order valence-corrected chi connectivity index (χ0v) is 17.4. The second-order valence-electron chi connectivity index (χ2n) is 6.45. The Hall–Kier alpha value is -2.45. The Morgan fingerprint density at radius 2 is 1.86 bits per heavy atom. The van der Waals surface area contributed by atoms with E-state index < -0.39 is 22.6 Å². The van der Waals surface area contributed by atoms with Gasteiger partial charge < -0.3 is 9.30 Å². The molecule has 0 bridgehead atoms. The molecule has 0 saturated heterocycles. The van der Waals surface area contributed by atoms with Crippen molar-refractivity contribution in [1.82, 2.24) is 9.29 Å². The Morgan fingerprint density at radius 1 is 1.14 bits per heavy atom. The van der Waals surface area contributed by atoms with Crippen LogP contribution in [0.2, 0.25) is 0 Å². The summed E-state index contributed by atoms with van der Waals surface area (Å²) in [6.45, 7) is 8.26. The van der Waals surface area contributed by atoms with Crippen molar-refractivity contribution in [2.24, 2.45) is 0 Å². The van der Waals surface area contributed by atoms with Crippen LogP contribution in [0.3, 0.4) is 0 Å². The number of nitrogens with one attached hydrogen (secondary N) is 1. The lowest BCUT2D eigenvalue weighted by molar-refractivity contribution is 0.0474. The first-order valence-electron chi connectivity index (χ1n) is 9.18. The standard InChI is InChI=1S/C20H26N2O5S/c1-5-10-21-28(25,26)17-9-7-8-16(12-17)20(24)27-13-19(23)18-11-14(3)22(6-2)15(18)4/h7-9,11-12,21H,5-6,10,13H2,1-4H3. The highest BCUT2D eigenvalue weighted by molar-refractivity contribution is 7.89. The predicted molar refractivity (Wildman–Crippen MR) is 106 cm³/mol. The van der Waals surface area contributed by atoms with E-state index in [1.165, 1.54) is 24.3 Å². The van der Waals surface area contributed by atoms with E-state index in [1.54, 1.807) is 6.07 Å². The Kier molecular flexibility index (Phi) is 7.15. The van der Waals surface area contributed by atoms with Gasteiger partial charge in [0.15, 0.2) is 6.61 Å². The number of carbonyl (C=O) groups excluding carboxylic acids is 2. The van der Waals surface area contributed by atoms with Crippen molar-refractivity contribution in [3.63, 3.8) is 0 Å². The van der Waals surface area contributed by atoms with Gasteiger partial charge in [-0.25, -0.2) is 17.9 Å². The molecule has 0 amide bonds. The molecule has 1 N–H and O–H groups in total. The zero-order valence-electron chi connectivity index (χ0n) is 16.6. The van der Waals surface area contributed by atoms with Crippen molar-refractivity contribution in [2.45, 2.75) is 45.6 Å². The average Bonchev–Trinajstić information content (AvgIpc) is 2.97. The third-order valence-electron chi connectivity index (χ3n) is 4.45. The van der Waals surface area contributed by atoms with Crippen LogP contribution in [0.25, 0.3) is 0 Å². The number of ketones is 1. The minimum absolute atomic E-state index is 0.0202. The van der Waals surface area contributed by atoms with Gasteiger partial charge in [-0.1, -0.05) is 13.0 Å². The number of hydrogen-bond donors (Lipinski definition) is 1. The average molecular weight is 407 g/mol. The first-order valence-corrected chi connectivity index (χ1v) is 10.7. The summed E-state index contributed by atoms with van der Waals surface area (Å²) in [5.74, 6) is -1.04. The van der Waals surface area contributed by atoms with E-state index in [4.69, 9.17) is 4.74 Å². The molecule has 0 fully saturated rings. The van der Waals surface area contributed by atoms with Gasteiger partial charge >= 0.3 is 5.97 Å². The van der Waals surface area contributed by atoms with Gasteiger partial charge in [0.05, 0.1) is 10.5 Å². The van der Waals surface area contributed by atoms with Crippen LogP contribution in [0.4, 0.5) is 0 Å². The third kappa shape index (κ3) is 4.88. The highest BCUT2D eigenvalue weighted by Crippen LogP contribution is 2.17. The van der Waals surface area contributed by atoms with Gasteiger partial charge in [-0.05, 0) is 51.5 Å². The molecule has 0 aliphatic carbocycles. The number of sulfonamides is 1. The number of aryl methyl sites for hydroxylation is 1. The van der Waals surface area contributed by atoms with Gasteiger partial charge in [0, 0.05) is 30.0 Å². The van der Waals surface area contributed by atoms with Gasteiger partial charge in [-0.2, -0.15) is 0 Å². The van der Waals surface area contributed by atoms with Gasteiger partial charge in [0.1, 0.15) is 0 Å². The minimum Gasteiger partial charge on any atom is -0.454 e. The number of hydrogen-bond acceptors (Lipinski definition) is 5. The SMILES string of the molecule is CCCNS(=O)(=O)c1cccc(C(=O)OCC(=O)c2cc(C)n(CC)c2C)c1. The number of carbonyl (C=O) groups is 2. The lowest BCUT2D eigenvalue weighted by Crippen LogP contribution is -2.24. The molecule has 8 heteroatoms. The Bertz CT molecular complexity index is 976. The fourth-order valence-electron chi connectivity index (χ4n) is 2.97. The maximum atomic E-state index is 12.4. The Morgan fingerprint density at radius 3 is 2.46 bits per heavy atom. The molecule has 152 valence electrons. The van der Waals surface area contributed by atoms with Crippen molar-refractivity contribution in [1.29, 1.82) is 0 Å². The fourth-order valence-corrected chi connectivity index (χ4v) is 4.15. The number of aromatic nitrogens is 1. The van der Waals surface area contributed by atoms with E-state index in [9.17, 15) is 18.0 Å². The summed E-state index contributed by atoms with van der Waals surface area (Å²) in [6.07, 6.45) is 0.654. The number of esters is 1. The highest BCUT2D eigenvalue weighted by Gasteiger charge is 2.19. The second-order valence-corrected chi connectivity index (χ2v) is 8.22. The smallest absolute Gasteiger partial charge is 0.338 e. The van der Waals surface area contributed by atoms with E-state index in [0.29, 0.717) is 18.5 Å². The number of rotatable bonds is 9. The molecule has 28 heavy (non-hydrogen) atoms. The molecule has 2 rings (SSSR count). The number of ether oxygens (including phenoxy) is 1. The summed E-state index contributed by atoms with van der Waals surface area (Å²) in [5.41, 5.74) is 2.39. The molecule has 0 unspecified atom stereocenters. The van der Waals surface area contributed by atoms with E-state index in [-0.39, 0.29) is 16.2 Å². The van der Waals surface area contributed by atoms with E-state index >= 15 is 0 Å². The molecule has 0 spiro atoms. The Labute approximate surface area is 165 Å². The molecule has 1 aromatic carbocycles. The van der Waals surface area contributed by atoms with Crippen LogP contribution in [0.15, 0.2) is 35.2 Å². The maximum absolute atomic E-state index is 12.4. The molecule has 0 aliphatic rings. The summed E-state index contributed by atoms with van der Waals surface area (Å²) in [5, 5.41) is 0. The maximum Gasteiger partial charge on any atom is 0.338 e. The zero-order chi connectivity index (χ0) is 20.9. The Balaban J connectivity index is 2.10. The van der Waals surface area contributed by atoms with Crippen LogP contribution in [-0.2, 0) is 21.3 Å². The summed E-state index contributed by atoms with van der Waals surface area (Å²) in [4.78, 5) is 24.7. The second kappa shape index (κ2) is 9.16. The van der Waals surface area contributed by atoms with Crippen LogP contribution >= 0.6 is 0 Å². The molecule has 0 aliphatic heterocycles. The van der Waals surface area contributed by atoms with E-state index in [2.05, 4.69) is 4.72 Å². The molecular formula is C20H26N2O5S. The van der Waals surface area contributed by atoms with Crippen molar-refractivity contribution >= 4 is 21.8 Å². The molecule has 0 atom stereocenters. The van der Waals surface area contributed by atoms with Gasteiger partial charge in [0.2, 0.25) is 15.8 Å². The summed E-state index contributed by atoms with van der Waals surface area (Å²) in [6, 6.07) is 7.34. The molecule has 0 radical (unpaired) electrons. The third-order valence-corrected chi connectivity index (χ3v) is 5.91. The summed E-state index contributed by atoms with van der Waals surface area (Å²) >= 11 is 0. The van der Waals surface area contributed by atoms with E-state index in [1.807, 2.05) is 32.3 Å². The normalized spacial score (nSPS) is 11.4. The minimum atomic E-state index is -3.69. The first kappa shape index (κ1) is 21.8. The fraction of sp³-hybridized carbons (Fsp3) is 0.400. The van der Waals surface area contributed by atoms with Crippen LogP contribution in [0.1, 0.15) is 52.4 Å². The predicted octanol–water partition coefficient (Wildman–Crippen LogP) is 2.85. The number of Topliss-reactive ketones (excluding diaryl/α,β-unsaturated/α-hetero) is 1. The van der Waals surface area contributed by atoms with Gasteiger partial charge in [-0.3, -0.25) is 4.79 Å². The highest BCUT2D eigenvalue weighted by atomic mass is 32.2. The van der Waals surface area contributed by atoms with E-state index in [0.717, 1.165) is 17.9 Å². The molecule has 7 nitrogen and oxygen atoms in total. The number of benzene rings is 1. The van der Waals surface area contributed by atoms with Crippen LogP contribution in [0, 0.1) is 13.8 Å². The molecule has 1 aromatic heterocycles. The monoisotopic (exact) mass is 406 g/mol. The lowest BCUT2D eigenvalue weighted by Gasteiger charge is -2.08. The van der Waals surface area contributed by atoms with Gasteiger partial charge in [-0.15, -0.1) is 0 Å². The molecule has 1 heterocycles. The van der Waals surface area contributed by atoms with Crippen LogP contribution in [-0.4, -0.2) is 37.9 Å². The quantitative estimate of drug-likeness (QED) is 0.510. The summed E-state index contributed by atoms with van der Waals surface area (Å²) in [7, 11) is -3.69. The molecule has 0 saturated carbocycles. The number of nitrogens with zero attached hydrogens (tertiary/aromatic N) is 1. The van der Waals surface area contributed by atoms with Gasteiger partial charge in [0.25, 0.3) is 0 Å². The van der Waals surface area contributed by atoms with Crippen molar-refractivity contribution in [3.05, 3.63) is 52.8 Å².